The lowest BCUT2D eigenvalue weighted by molar-refractivity contribution is 0.578. The molecular weight excluding hydrogens is 254 g/mol. The van der Waals surface area contributed by atoms with Gasteiger partial charge in [-0.1, -0.05) is 13.8 Å². The highest BCUT2D eigenvalue weighted by molar-refractivity contribution is 7.91. The number of hydrogen-bond donors (Lipinski definition) is 1. The fraction of sp³-hybridized carbons (Fsp3) is 0.667. The normalized spacial score (nSPS) is 12.2. The summed E-state index contributed by atoms with van der Waals surface area (Å²) >= 11 is 1.74. The third kappa shape index (κ3) is 6.19. The molecule has 1 heterocycles. The van der Waals surface area contributed by atoms with Crippen molar-refractivity contribution < 1.29 is 8.42 Å². The summed E-state index contributed by atoms with van der Waals surface area (Å²) in [6, 6.07) is 4.16. The minimum absolute atomic E-state index is 0.208. The summed E-state index contributed by atoms with van der Waals surface area (Å²) in [5, 5.41) is 3.18. The van der Waals surface area contributed by atoms with Crippen LogP contribution in [0.15, 0.2) is 12.1 Å². The molecule has 0 fully saturated rings. The molecule has 1 N–H and O–H groups in total. The number of hydrogen-bond acceptors (Lipinski definition) is 4. The molecule has 1 aromatic heterocycles. The van der Waals surface area contributed by atoms with Gasteiger partial charge in [-0.3, -0.25) is 0 Å². The molecule has 0 aliphatic carbocycles. The smallest absolute Gasteiger partial charge is 0.151 e. The number of sulfone groups is 1. The van der Waals surface area contributed by atoms with Crippen LogP contribution in [0.25, 0.3) is 0 Å². The Bertz CT molecular complexity index is 435. The van der Waals surface area contributed by atoms with Gasteiger partial charge < -0.3 is 5.32 Å². The van der Waals surface area contributed by atoms with Crippen molar-refractivity contribution in [2.75, 3.05) is 18.1 Å². The van der Waals surface area contributed by atoms with Gasteiger partial charge in [0.1, 0.15) is 0 Å². The zero-order chi connectivity index (χ0) is 12.9. The predicted molar refractivity (Wildman–Crippen MR) is 74.3 cm³/mol. The predicted octanol–water partition coefficient (Wildman–Crippen LogP) is 2.22. The van der Waals surface area contributed by atoms with Gasteiger partial charge in [0, 0.05) is 22.8 Å². The Kier molecular flexibility index (Phi) is 5.62. The molecule has 0 aliphatic rings. The molecule has 0 unspecified atom stereocenters. The van der Waals surface area contributed by atoms with Crippen LogP contribution in [-0.4, -0.2) is 26.5 Å². The average Bonchev–Trinajstić information content (AvgIpc) is 2.57. The molecule has 98 valence electrons. The van der Waals surface area contributed by atoms with Gasteiger partial charge in [0.2, 0.25) is 0 Å². The van der Waals surface area contributed by atoms with Crippen molar-refractivity contribution >= 4 is 21.2 Å². The summed E-state index contributed by atoms with van der Waals surface area (Å²) in [6.45, 7) is 7.22. The molecule has 0 bridgehead atoms. The third-order valence-corrected chi connectivity index (χ3v) is 5.27. The van der Waals surface area contributed by atoms with Gasteiger partial charge in [-0.15, -0.1) is 11.3 Å². The second-order valence-electron chi connectivity index (χ2n) is 4.70. The van der Waals surface area contributed by atoms with Gasteiger partial charge in [0.05, 0.1) is 11.5 Å². The van der Waals surface area contributed by atoms with Gasteiger partial charge in [-0.05, 0) is 25.0 Å². The van der Waals surface area contributed by atoms with E-state index in [1.54, 1.807) is 11.3 Å². The summed E-state index contributed by atoms with van der Waals surface area (Å²) < 4.78 is 23.2. The Labute approximate surface area is 108 Å². The Morgan fingerprint density at radius 1 is 1.35 bits per heavy atom. The lowest BCUT2D eigenvalue weighted by Crippen LogP contribution is -2.25. The highest BCUT2D eigenvalue weighted by Crippen LogP contribution is 2.14. The lowest BCUT2D eigenvalue weighted by Gasteiger charge is -2.07. The minimum Gasteiger partial charge on any atom is -0.311 e. The van der Waals surface area contributed by atoms with Crippen molar-refractivity contribution in [1.29, 1.82) is 0 Å². The van der Waals surface area contributed by atoms with Crippen molar-refractivity contribution in [2.45, 2.75) is 27.3 Å². The molecule has 0 saturated carbocycles. The van der Waals surface area contributed by atoms with Crippen molar-refractivity contribution in [2.24, 2.45) is 5.92 Å². The van der Waals surface area contributed by atoms with Crippen molar-refractivity contribution in [3.63, 3.8) is 0 Å². The third-order valence-electron chi connectivity index (χ3n) is 2.27. The molecule has 0 radical (unpaired) electrons. The summed E-state index contributed by atoms with van der Waals surface area (Å²) in [6.07, 6.45) is 0. The zero-order valence-electron chi connectivity index (χ0n) is 10.7. The molecule has 5 heteroatoms. The number of rotatable bonds is 7. The largest absolute Gasteiger partial charge is 0.311 e. The number of nitrogens with one attached hydrogen (secondary N) is 1. The maximum atomic E-state index is 11.6. The molecular formula is C12H21NO2S2. The van der Waals surface area contributed by atoms with Crippen molar-refractivity contribution in [3.05, 3.63) is 21.9 Å². The maximum Gasteiger partial charge on any atom is 0.151 e. The maximum absolute atomic E-state index is 11.6. The molecule has 0 saturated heterocycles. The van der Waals surface area contributed by atoms with Crippen molar-refractivity contribution in [3.8, 4) is 0 Å². The van der Waals surface area contributed by atoms with Gasteiger partial charge >= 0.3 is 0 Å². The van der Waals surface area contributed by atoms with Crippen LogP contribution in [-0.2, 0) is 16.4 Å². The average molecular weight is 275 g/mol. The Morgan fingerprint density at radius 3 is 2.59 bits per heavy atom. The lowest BCUT2D eigenvalue weighted by atomic mass is 10.3. The van der Waals surface area contributed by atoms with E-state index in [0.29, 0.717) is 6.54 Å². The standard InChI is InChI=1S/C12H21NO2S2/c1-10(2)9-17(14,15)7-6-13-8-12-5-4-11(3)16-12/h4-5,10,13H,6-9H2,1-3H3. The van der Waals surface area contributed by atoms with Crippen LogP contribution >= 0.6 is 11.3 Å². The van der Waals surface area contributed by atoms with Gasteiger partial charge in [0.15, 0.2) is 9.84 Å². The first kappa shape index (κ1) is 14.7. The SMILES string of the molecule is Cc1ccc(CNCCS(=O)(=O)CC(C)C)s1. The first-order valence-electron chi connectivity index (χ1n) is 5.85. The van der Waals surface area contributed by atoms with E-state index in [1.165, 1.54) is 9.75 Å². The van der Waals surface area contributed by atoms with E-state index in [4.69, 9.17) is 0 Å². The van der Waals surface area contributed by atoms with Crippen LogP contribution in [0.3, 0.4) is 0 Å². The molecule has 1 aromatic rings. The van der Waals surface area contributed by atoms with E-state index in [9.17, 15) is 8.42 Å². The van der Waals surface area contributed by atoms with Crippen LogP contribution < -0.4 is 5.32 Å². The van der Waals surface area contributed by atoms with Crippen molar-refractivity contribution in [1.82, 2.24) is 5.32 Å². The Balaban J connectivity index is 2.24. The summed E-state index contributed by atoms with van der Waals surface area (Å²) in [5.41, 5.74) is 0. The van der Waals surface area contributed by atoms with E-state index in [-0.39, 0.29) is 17.4 Å². The van der Waals surface area contributed by atoms with Gasteiger partial charge in [-0.2, -0.15) is 0 Å². The number of thiophene rings is 1. The quantitative estimate of drug-likeness (QED) is 0.776. The molecule has 1 rings (SSSR count). The van der Waals surface area contributed by atoms with E-state index >= 15 is 0 Å². The van der Waals surface area contributed by atoms with Crippen LogP contribution in [0.1, 0.15) is 23.6 Å². The summed E-state index contributed by atoms with van der Waals surface area (Å²) in [5.74, 6) is 0.724. The second-order valence-corrected chi connectivity index (χ2v) is 8.30. The first-order valence-corrected chi connectivity index (χ1v) is 8.49. The number of aryl methyl sites for hydroxylation is 1. The second kappa shape index (κ2) is 6.52. The monoisotopic (exact) mass is 275 g/mol. The van der Waals surface area contributed by atoms with E-state index in [1.807, 2.05) is 13.8 Å². The molecule has 0 spiro atoms. The zero-order valence-corrected chi connectivity index (χ0v) is 12.3. The van der Waals surface area contributed by atoms with Crippen LogP contribution in [0.2, 0.25) is 0 Å². The van der Waals surface area contributed by atoms with Crippen LogP contribution in [0.5, 0.6) is 0 Å². The topological polar surface area (TPSA) is 46.2 Å². The molecule has 0 aromatic carbocycles. The molecule has 17 heavy (non-hydrogen) atoms. The fourth-order valence-electron chi connectivity index (χ4n) is 1.61. The highest BCUT2D eigenvalue weighted by Gasteiger charge is 2.12. The van der Waals surface area contributed by atoms with Crippen LogP contribution in [0, 0.1) is 12.8 Å². The fourth-order valence-corrected chi connectivity index (χ4v) is 4.11. The molecule has 3 nitrogen and oxygen atoms in total. The Morgan fingerprint density at radius 2 is 2.06 bits per heavy atom. The van der Waals surface area contributed by atoms with E-state index in [2.05, 4.69) is 24.4 Å². The minimum atomic E-state index is -2.89. The van der Waals surface area contributed by atoms with Crippen LogP contribution in [0.4, 0.5) is 0 Å². The van der Waals surface area contributed by atoms with Gasteiger partial charge in [-0.25, -0.2) is 8.42 Å². The molecule has 0 aliphatic heterocycles. The molecule has 0 amide bonds. The first-order chi connectivity index (χ1) is 7.89. The Hall–Kier alpha value is -0.390. The summed E-state index contributed by atoms with van der Waals surface area (Å²) in [7, 11) is -2.89. The summed E-state index contributed by atoms with van der Waals surface area (Å²) in [4.78, 5) is 2.54. The van der Waals surface area contributed by atoms with E-state index < -0.39 is 9.84 Å². The van der Waals surface area contributed by atoms with Gasteiger partial charge in [0.25, 0.3) is 0 Å². The molecule has 0 atom stereocenters. The van der Waals surface area contributed by atoms with E-state index in [0.717, 1.165) is 6.54 Å². The highest BCUT2D eigenvalue weighted by atomic mass is 32.2.